The van der Waals surface area contributed by atoms with Crippen molar-refractivity contribution in [1.29, 1.82) is 0 Å². The third-order valence-electron chi connectivity index (χ3n) is 5.51. The van der Waals surface area contributed by atoms with E-state index in [2.05, 4.69) is 16.9 Å². The lowest BCUT2D eigenvalue weighted by atomic mass is 9.82. The monoisotopic (exact) mass is 275 g/mol. The summed E-state index contributed by atoms with van der Waals surface area (Å²) in [6.45, 7) is 0. The lowest BCUT2D eigenvalue weighted by Crippen LogP contribution is -2.38. The van der Waals surface area contributed by atoms with Crippen molar-refractivity contribution in [3.05, 3.63) is 18.0 Å². The summed E-state index contributed by atoms with van der Waals surface area (Å²) in [6, 6.07) is 3.00. The zero-order valence-electron chi connectivity index (χ0n) is 12.1. The first kappa shape index (κ1) is 12.8. The van der Waals surface area contributed by atoms with Crippen LogP contribution in [0.1, 0.15) is 56.7 Å². The Balaban J connectivity index is 1.38. The molecule has 4 rings (SSSR count). The minimum Gasteiger partial charge on any atom is -0.375 e. The Labute approximate surface area is 120 Å². The largest absolute Gasteiger partial charge is 0.375 e. The number of rotatable bonds is 4. The van der Waals surface area contributed by atoms with E-state index in [1.54, 1.807) is 0 Å². The second-order valence-electron chi connectivity index (χ2n) is 6.87. The molecule has 1 saturated carbocycles. The van der Waals surface area contributed by atoms with Crippen molar-refractivity contribution < 1.29 is 4.74 Å². The fourth-order valence-electron chi connectivity index (χ4n) is 4.38. The molecule has 2 N–H and O–H groups in total. The zero-order valence-corrected chi connectivity index (χ0v) is 12.1. The Kier molecular flexibility index (Phi) is 3.31. The number of aromatic nitrogens is 2. The lowest BCUT2D eigenvalue weighted by Gasteiger charge is -2.24. The molecule has 1 aromatic heterocycles. The van der Waals surface area contributed by atoms with Crippen LogP contribution in [0.25, 0.3) is 0 Å². The number of fused-ring (bicyclic) bond motifs is 2. The minimum atomic E-state index is 0.206. The van der Waals surface area contributed by atoms with Gasteiger partial charge in [-0.2, -0.15) is 5.10 Å². The maximum atomic E-state index is 6.43. The molecule has 4 nitrogen and oxygen atoms in total. The summed E-state index contributed by atoms with van der Waals surface area (Å²) >= 11 is 0. The van der Waals surface area contributed by atoms with E-state index in [1.165, 1.54) is 38.5 Å². The molecule has 4 unspecified atom stereocenters. The van der Waals surface area contributed by atoms with E-state index in [0.717, 1.165) is 18.5 Å². The first-order valence-electron chi connectivity index (χ1n) is 8.24. The molecule has 0 spiro atoms. The molecule has 2 saturated heterocycles. The van der Waals surface area contributed by atoms with E-state index in [-0.39, 0.29) is 6.04 Å². The molecule has 2 aliphatic heterocycles. The molecule has 2 bridgehead atoms. The van der Waals surface area contributed by atoms with E-state index in [9.17, 15) is 0 Å². The molecule has 1 aromatic rings. The molecule has 4 heteroatoms. The van der Waals surface area contributed by atoms with E-state index < -0.39 is 0 Å². The average Bonchev–Trinajstić information content (AvgIpc) is 3.22. The highest BCUT2D eigenvalue weighted by molar-refractivity contribution is 5.05. The Morgan fingerprint density at radius 1 is 1.30 bits per heavy atom. The quantitative estimate of drug-likeness (QED) is 0.918. The van der Waals surface area contributed by atoms with Gasteiger partial charge in [-0.25, -0.2) is 0 Å². The van der Waals surface area contributed by atoms with Gasteiger partial charge in [0, 0.05) is 24.6 Å². The Morgan fingerprint density at radius 3 is 2.85 bits per heavy atom. The van der Waals surface area contributed by atoms with Crippen LogP contribution in [0, 0.1) is 5.92 Å². The van der Waals surface area contributed by atoms with Crippen LogP contribution in [-0.4, -0.2) is 28.0 Å². The predicted octanol–water partition coefficient (Wildman–Crippen LogP) is 2.44. The molecule has 3 aliphatic rings. The fourth-order valence-corrected chi connectivity index (χ4v) is 4.38. The van der Waals surface area contributed by atoms with Crippen LogP contribution >= 0.6 is 0 Å². The highest BCUT2D eigenvalue weighted by atomic mass is 16.5. The van der Waals surface area contributed by atoms with Crippen molar-refractivity contribution in [3.63, 3.8) is 0 Å². The molecule has 20 heavy (non-hydrogen) atoms. The second-order valence-corrected chi connectivity index (χ2v) is 6.87. The average molecular weight is 275 g/mol. The Hall–Kier alpha value is -0.870. The predicted molar refractivity (Wildman–Crippen MR) is 77.4 cm³/mol. The van der Waals surface area contributed by atoms with Crippen LogP contribution < -0.4 is 5.73 Å². The molecule has 4 atom stereocenters. The highest BCUT2D eigenvalue weighted by Gasteiger charge is 2.43. The van der Waals surface area contributed by atoms with Gasteiger partial charge in [-0.05, 0) is 38.2 Å². The second kappa shape index (κ2) is 5.15. The third kappa shape index (κ3) is 2.29. The Morgan fingerprint density at radius 2 is 2.15 bits per heavy atom. The van der Waals surface area contributed by atoms with E-state index in [0.29, 0.717) is 24.2 Å². The van der Waals surface area contributed by atoms with Gasteiger partial charge in [0.2, 0.25) is 0 Å². The van der Waals surface area contributed by atoms with Gasteiger partial charge in [0.15, 0.2) is 0 Å². The number of hydrogen-bond donors (Lipinski definition) is 1. The molecular formula is C16H25N3O. The topological polar surface area (TPSA) is 53.1 Å². The van der Waals surface area contributed by atoms with Gasteiger partial charge < -0.3 is 10.5 Å². The molecule has 0 aromatic carbocycles. The number of ether oxygens (including phenoxy) is 1. The summed E-state index contributed by atoms with van der Waals surface area (Å²) < 4.78 is 8.10. The standard InChI is InChI=1S/C16H25N3O/c17-15(14-10-13-5-6-16(14)20-13)9-11-7-8-19(18-11)12-3-1-2-4-12/h7-8,12-16H,1-6,9-10,17H2. The van der Waals surface area contributed by atoms with Crippen LogP contribution in [0.2, 0.25) is 0 Å². The van der Waals surface area contributed by atoms with Gasteiger partial charge in [-0.3, -0.25) is 4.68 Å². The molecule has 3 heterocycles. The van der Waals surface area contributed by atoms with Crippen molar-refractivity contribution in [2.45, 2.75) is 75.7 Å². The van der Waals surface area contributed by atoms with Crippen molar-refractivity contribution in [2.75, 3.05) is 0 Å². The molecule has 1 aliphatic carbocycles. The maximum Gasteiger partial charge on any atom is 0.0640 e. The van der Waals surface area contributed by atoms with Crippen molar-refractivity contribution in [2.24, 2.45) is 11.7 Å². The van der Waals surface area contributed by atoms with Gasteiger partial charge >= 0.3 is 0 Å². The lowest BCUT2D eigenvalue weighted by molar-refractivity contribution is 0.0884. The zero-order chi connectivity index (χ0) is 13.5. The SMILES string of the molecule is NC(Cc1ccn(C2CCCC2)n1)C1CC2CCC1O2. The molecule has 3 fully saturated rings. The Bertz CT molecular complexity index is 466. The first-order chi connectivity index (χ1) is 9.79. The minimum absolute atomic E-state index is 0.206. The van der Waals surface area contributed by atoms with Crippen molar-refractivity contribution in [3.8, 4) is 0 Å². The van der Waals surface area contributed by atoms with E-state index >= 15 is 0 Å². The fraction of sp³-hybridized carbons (Fsp3) is 0.812. The van der Waals surface area contributed by atoms with Crippen molar-refractivity contribution in [1.82, 2.24) is 9.78 Å². The normalized spacial score (nSPS) is 35.0. The van der Waals surface area contributed by atoms with Crippen LogP contribution in [0.3, 0.4) is 0 Å². The van der Waals surface area contributed by atoms with Gasteiger partial charge in [0.05, 0.1) is 23.9 Å². The van der Waals surface area contributed by atoms with Crippen molar-refractivity contribution >= 4 is 0 Å². The van der Waals surface area contributed by atoms with Gasteiger partial charge in [-0.15, -0.1) is 0 Å². The third-order valence-corrected chi connectivity index (χ3v) is 5.51. The summed E-state index contributed by atoms with van der Waals surface area (Å²) in [4.78, 5) is 0. The number of nitrogens with zero attached hydrogens (tertiary/aromatic N) is 2. The van der Waals surface area contributed by atoms with E-state index in [1.807, 2.05) is 0 Å². The van der Waals surface area contributed by atoms with Gasteiger partial charge in [0.25, 0.3) is 0 Å². The summed E-state index contributed by atoms with van der Waals surface area (Å²) in [5.74, 6) is 0.547. The smallest absolute Gasteiger partial charge is 0.0640 e. The number of hydrogen-bond acceptors (Lipinski definition) is 3. The molecule has 0 radical (unpaired) electrons. The van der Waals surface area contributed by atoms with Gasteiger partial charge in [-0.1, -0.05) is 12.8 Å². The van der Waals surface area contributed by atoms with Crippen LogP contribution in [0.5, 0.6) is 0 Å². The summed E-state index contributed by atoms with van der Waals surface area (Å²) in [5.41, 5.74) is 7.59. The molecule has 0 amide bonds. The number of nitrogens with two attached hydrogens (primary N) is 1. The highest BCUT2D eigenvalue weighted by Crippen LogP contribution is 2.40. The molecule has 110 valence electrons. The van der Waals surface area contributed by atoms with Crippen LogP contribution in [-0.2, 0) is 11.2 Å². The first-order valence-corrected chi connectivity index (χ1v) is 8.24. The van der Waals surface area contributed by atoms with E-state index in [4.69, 9.17) is 15.6 Å². The van der Waals surface area contributed by atoms with Gasteiger partial charge in [0.1, 0.15) is 0 Å². The summed E-state index contributed by atoms with van der Waals surface area (Å²) in [7, 11) is 0. The summed E-state index contributed by atoms with van der Waals surface area (Å²) in [6.07, 6.45) is 12.8. The maximum absolute atomic E-state index is 6.43. The summed E-state index contributed by atoms with van der Waals surface area (Å²) in [5, 5.41) is 4.76. The van der Waals surface area contributed by atoms with Crippen LogP contribution in [0.4, 0.5) is 0 Å². The molecular weight excluding hydrogens is 250 g/mol. The van der Waals surface area contributed by atoms with Crippen LogP contribution in [0.15, 0.2) is 12.3 Å².